The number of rotatable bonds is 5. The zero-order valence-electron chi connectivity index (χ0n) is 9.89. The first kappa shape index (κ1) is 13.2. The molecule has 0 radical (unpaired) electrons. The summed E-state index contributed by atoms with van der Waals surface area (Å²) in [6.45, 7) is 0.178. The maximum Gasteiger partial charge on any atom is 0.300 e. The van der Waals surface area contributed by atoms with E-state index in [0.29, 0.717) is 5.69 Å². The van der Waals surface area contributed by atoms with Crippen LogP contribution in [0.1, 0.15) is 6.42 Å². The molecule has 1 N–H and O–H groups in total. The Hall–Kier alpha value is -3.20. The van der Waals surface area contributed by atoms with Gasteiger partial charge in [-0.25, -0.2) is 4.63 Å². The van der Waals surface area contributed by atoms with Gasteiger partial charge in [-0.2, -0.15) is 0 Å². The van der Waals surface area contributed by atoms with Crippen molar-refractivity contribution in [1.82, 2.24) is 10.3 Å². The van der Waals surface area contributed by atoms with Gasteiger partial charge in [-0.05, 0) is 27.0 Å². The molecule has 0 bridgehead atoms. The standard InChI is InChI=1S/C9H7N7O4/c10-15-12-7(17)3-4-11-5-1-2-6(16(18)19)9-8(5)13-20-14-9/h1-2,11H,3-4H2. The summed E-state index contributed by atoms with van der Waals surface area (Å²) in [5, 5.41) is 23.6. The van der Waals surface area contributed by atoms with Gasteiger partial charge in [0.05, 0.1) is 10.6 Å². The number of benzene rings is 1. The van der Waals surface area contributed by atoms with Crippen LogP contribution in [0.25, 0.3) is 21.5 Å². The number of non-ortho nitro benzene ring substituents is 1. The van der Waals surface area contributed by atoms with Gasteiger partial charge in [0.25, 0.3) is 0 Å². The van der Waals surface area contributed by atoms with Crippen LogP contribution in [0, 0.1) is 10.1 Å². The number of nitro benzene ring substituents is 1. The van der Waals surface area contributed by atoms with E-state index in [-0.39, 0.29) is 29.7 Å². The molecular weight excluding hydrogens is 270 g/mol. The predicted octanol–water partition coefficient (Wildman–Crippen LogP) is 1.77. The maximum absolute atomic E-state index is 11.0. The molecule has 1 aromatic carbocycles. The molecule has 20 heavy (non-hydrogen) atoms. The smallest absolute Gasteiger partial charge is 0.300 e. The SMILES string of the molecule is [N-]=[N+]=NC(=O)CCNc1ccc([N+](=O)[O-])c2nonc12. The van der Waals surface area contributed by atoms with Crippen molar-refractivity contribution in [3.05, 3.63) is 32.7 Å². The third-order valence-corrected chi connectivity index (χ3v) is 2.40. The van der Waals surface area contributed by atoms with E-state index >= 15 is 0 Å². The Balaban J connectivity index is 2.17. The number of azide groups is 1. The maximum atomic E-state index is 11.0. The van der Waals surface area contributed by atoms with Crippen LogP contribution in [0.15, 0.2) is 21.9 Å². The molecule has 0 saturated carbocycles. The molecule has 0 fully saturated rings. The molecule has 0 aliphatic heterocycles. The second-order valence-electron chi connectivity index (χ2n) is 3.61. The molecule has 11 nitrogen and oxygen atoms in total. The van der Waals surface area contributed by atoms with Crippen molar-refractivity contribution in [3.63, 3.8) is 0 Å². The third kappa shape index (κ3) is 2.62. The van der Waals surface area contributed by atoms with E-state index in [1.807, 2.05) is 0 Å². The van der Waals surface area contributed by atoms with Gasteiger partial charge in [-0.1, -0.05) is 0 Å². The monoisotopic (exact) mass is 277 g/mol. The summed E-state index contributed by atoms with van der Waals surface area (Å²) in [6, 6.07) is 2.69. The Morgan fingerprint density at radius 1 is 1.50 bits per heavy atom. The summed E-state index contributed by atoms with van der Waals surface area (Å²) in [6.07, 6.45) is -0.0200. The van der Waals surface area contributed by atoms with Crippen LogP contribution in [0.3, 0.4) is 0 Å². The predicted molar refractivity (Wildman–Crippen MR) is 65.7 cm³/mol. The van der Waals surface area contributed by atoms with Gasteiger partial charge < -0.3 is 5.32 Å². The Labute approximate surface area is 110 Å². The molecule has 0 unspecified atom stereocenters. The molecule has 0 aliphatic rings. The van der Waals surface area contributed by atoms with Crippen LogP contribution < -0.4 is 5.32 Å². The van der Waals surface area contributed by atoms with Crippen molar-refractivity contribution in [3.8, 4) is 0 Å². The minimum absolute atomic E-state index is 0.0152. The molecule has 1 amide bonds. The highest BCUT2D eigenvalue weighted by molar-refractivity contribution is 5.93. The minimum atomic E-state index is -0.614. The highest BCUT2D eigenvalue weighted by Crippen LogP contribution is 2.28. The van der Waals surface area contributed by atoms with E-state index in [0.717, 1.165) is 0 Å². The fraction of sp³-hybridized carbons (Fsp3) is 0.222. The Morgan fingerprint density at radius 2 is 2.25 bits per heavy atom. The molecule has 11 heteroatoms. The number of hydrogen-bond acceptors (Lipinski definition) is 7. The first-order valence-corrected chi connectivity index (χ1v) is 5.35. The summed E-state index contributed by atoms with van der Waals surface area (Å²) in [5.74, 6) is -0.614. The number of aromatic nitrogens is 2. The lowest BCUT2D eigenvalue weighted by atomic mass is 10.2. The van der Waals surface area contributed by atoms with E-state index in [2.05, 4.69) is 30.3 Å². The van der Waals surface area contributed by atoms with Crippen molar-refractivity contribution < 1.29 is 14.3 Å². The largest absolute Gasteiger partial charge is 0.383 e. The number of anilines is 1. The van der Waals surface area contributed by atoms with Crippen molar-refractivity contribution in [1.29, 1.82) is 0 Å². The number of nitro groups is 1. The fourth-order valence-electron chi connectivity index (χ4n) is 1.55. The molecule has 1 aromatic heterocycles. The van der Waals surface area contributed by atoms with Crippen LogP contribution in [0.2, 0.25) is 0 Å². The Morgan fingerprint density at radius 3 is 2.95 bits per heavy atom. The van der Waals surface area contributed by atoms with Gasteiger partial charge in [-0.3, -0.25) is 14.9 Å². The van der Waals surface area contributed by atoms with Crippen molar-refractivity contribution in [2.24, 2.45) is 5.11 Å². The van der Waals surface area contributed by atoms with E-state index in [1.54, 1.807) is 0 Å². The highest BCUT2D eigenvalue weighted by Gasteiger charge is 2.19. The van der Waals surface area contributed by atoms with E-state index in [9.17, 15) is 14.9 Å². The molecule has 1 heterocycles. The Bertz CT molecular complexity index is 718. The van der Waals surface area contributed by atoms with Crippen LogP contribution >= 0.6 is 0 Å². The van der Waals surface area contributed by atoms with Crippen LogP contribution in [-0.2, 0) is 4.79 Å². The average Bonchev–Trinajstić information content (AvgIpc) is 2.88. The topological polar surface area (TPSA) is 160 Å². The normalized spacial score (nSPS) is 10.0. The van der Waals surface area contributed by atoms with E-state index in [4.69, 9.17) is 5.53 Å². The number of amides is 1. The lowest BCUT2D eigenvalue weighted by Crippen LogP contribution is -2.07. The number of nitrogens with one attached hydrogen (secondary N) is 1. The van der Waals surface area contributed by atoms with Crippen molar-refractivity contribution in [2.75, 3.05) is 11.9 Å². The number of carbonyl (C=O) groups is 1. The summed E-state index contributed by atoms with van der Waals surface area (Å²) in [7, 11) is 0. The Kier molecular flexibility index (Phi) is 3.72. The molecule has 2 rings (SSSR count). The molecule has 0 saturated heterocycles. The first-order valence-electron chi connectivity index (χ1n) is 5.35. The lowest BCUT2D eigenvalue weighted by Gasteiger charge is -2.04. The van der Waals surface area contributed by atoms with Gasteiger partial charge in [0, 0.05) is 23.9 Å². The molecule has 0 spiro atoms. The molecule has 0 aliphatic carbocycles. The first-order chi connectivity index (χ1) is 9.63. The number of carbonyl (C=O) groups excluding carboxylic acids is 1. The summed E-state index contributed by atoms with van der Waals surface area (Å²) in [5.41, 5.74) is 8.48. The number of hydrogen-bond donors (Lipinski definition) is 1. The second-order valence-corrected chi connectivity index (χ2v) is 3.61. The van der Waals surface area contributed by atoms with Gasteiger partial charge in [0.2, 0.25) is 11.4 Å². The summed E-state index contributed by atoms with van der Waals surface area (Å²) < 4.78 is 4.48. The zero-order valence-corrected chi connectivity index (χ0v) is 9.89. The van der Waals surface area contributed by atoms with Crippen LogP contribution in [-0.4, -0.2) is 27.7 Å². The van der Waals surface area contributed by atoms with Gasteiger partial charge in [-0.15, -0.1) is 0 Å². The molecular formula is C9H7N7O4. The number of nitrogens with zero attached hydrogens (tertiary/aromatic N) is 6. The molecule has 2 aromatic rings. The number of fused-ring (bicyclic) bond motifs is 1. The summed E-state index contributed by atoms with van der Waals surface area (Å²) >= 11 is 0. The second kappa shape index (κ2) is 5.63. The van der Waals surface area contributed by atoms with E-state index < -0.39 is 10.8 Å². The van der Waals surface area contributed by atoms with Gasteiger partial charge in [0.15, 0.2) is 5.52 Å². The molecule has 102 valence electrons. The average molecular weight is 277 g/mol. The van der Waals surface area contributed by atoms with Gasteiger partial charge >= 0.3 is 5.69 Å². The van der Waals surface area contributed by atoms with Crippen molar-refractivity contribution in [2.45, 2.75) is 6.42 Å². The van der Waals surface area contributed by atoms with Crippen molar-refractivity contribution >= 4 is 28.3 Å². The van der Waals surface area contributed by atoms with E-state index in [1.165, 1.54) is 12.1 Å². The lowest BCUT2D eigenvalue weighted by molar-refractivity contribution is -0.383. The van der Waals surface area contributed by atoms with Crippen LogP contribution in [0.4, 0.5) is 11.4 Å². The zero-order chi connectivity index (χ0) is 14.5. The van der Waals surface area contributed by atoms with Crippen LogP contribution in [0.5, 0.6) is 0 Å². The third-order valence-electron chi connectivity index (χ3n) is 2.40. The van der Waals surface area contributed by atoms with Gasteiger partial charge in [0.1, 0.15) is 0 Å². The fourth-order valence-corrected chi connectivity index (χ4v) is 1.55. The minimum Gasteiger partial charge on any atom is -0.383 e. The quantitative estimate of drug-likeness (QED) is 0.286. The molecule has 0 atom stereocenters. The summed E-state index contributed by atoms with van der Waals surface area (Å²) in [4.78, 5) is 23.6. The highest BCUT2D eigenvalue weighted by atomic mass is 16.6.